The number of fused-ring (bicyclic) bond motifs is 1. The first-order valence-corrected chi connectivity index (χ1v) is 10.8. The third kappa shape index (κ3) is 2.62. The molecule has 4 aliphatic rings. The summed E-state index contributed by atoms with van der Waals surface area (Å²) in [6.07, 6.45) is 8.96. The van der Waals surface area contributed by atoms with Crippen molar-refractivity contribution in [3.63, 3.8) is 0 Å². The van der Waals surface area contributed by atoms with Crippen molar-refractivity contribution >= 4 is 22.6 Å². The molecule has 3 aromatic rings. The molecule has 4 aliphatic carbocycles. The SMILES string of the molecule is CC(O)c1nc2ccc(NC(=O)C34CC5CC(C3)CC(n3cncn3)(C5)C4)cc2[nH]1. The van der Waals surface area contributed by atoms with E-state index in [1.807, 2.05) is 29.2 Å². The molecule has 3 N–H and O–H groups in total. The molecular weight excluding hydrogens is 380 g/mol. The highest BCUT2D eigenvalue weighted by Gasteiger charge is 2.61. The molecule has 0 radical (unpaired) electrons. The van der Waals surface area contributed by atoms with Crippen LogP contribution in [0.1, 0.15) is 57.4 Å². The average molecular weight is 406 g/mol. The summed E-state index contributed by atoms with van der Waals surface area (Å²) in [5.41, 5.74) is 1.94. The highest BCUT2D eigenvalue weighted by Crippen LogP contribution is 2.64. The summed E-state index contributed by atoms with van der Waals surface area (Å²) in [5, 5.41) is 17.4. The molecule has 1 amide bonds. The van der Waals surface area contributed by atoms with Gasteiger partial charge < -0.3 is 15.4 Å². The van der Waals surface area contributed by atoms with E-state index in [0.717, 1.165) is 48.8 Å². The van der Waals surface area contributed by atoms with Gasteiger partial charge in [0.05, 0.1) is 22.0 Å². The predicted molar refractivity (Wildman–Crippen MR) is 110 cm³/mol. The molecule has 2 heterocycles. The molecule has 8 heteroatoms. The fourth-order valence-corrected chi connectivity index (χ4v) is 6.77. The van der Waals surface area contributed by atoms with E-state index in [0.29, 0.717) is 17.7 Å². The third-order valence-electron chi connectivity index (χ3n) is 7.57. The Balaban J connectivity index is 1.30. The summed E-state index contributed by atoms with van der Waals surface area (Å²) in [4.78, 5) is 25.3. The van der Waals surface area contributed by atoms with Crippen molar-refractivity contribution in [2.75, 3.05) is 5.32 Å². The first-order chi connectivity index (χ1) is 14.4. The highest BCUT2D eigenvalue weighted by atomic mass is 16.3. The first kappa shape index (κ1) is 18.1. The van der Waals surface area contributed by atoms with E-state index in [1.165, 1.54) is 6.42 Å². The molecule has 3 unspecified atom stereocenters. The standard InChI is InChI=1S/C22H26N6O2/c1-13(29)19-26-17-3-2-16(5-18(17)27-19)25-20(30)21-6-14-4-15(7-21)9-22(8-14,10-21)28-12-23-11-24-28/h2-3,5,11-15,29H,4,6-10H2,1H3,(H,25,30)(H,26,27). The number of hydrogen-bond acceptors (Lipinski definition) is 5. The number of amides is 1. The van der Waals surface area contributed by atoms with Crippen LogP contribution in [0.15, 0.2) is 30.9 Å². The van der Waals surface area contributed by atoms with Crippen LogP contribution in [0.4, 0.5) is 5.69 Å². The molecule has 8 nitrogen and oxygen atoms in total. The van der Waals surface area contributed by atoms with Crippen LogP contribution in [0.5, 0.6) is 0 Å². The summed E-state index contributed by atoms with van der Waals surface area (Å²) in [7, 11) is 0. The van der Waals surface area contributed by atoms with Gasteiger partial charge in [0.15, 0.2) is 0 Å². The zero-order valence-electron chi connectivity index (χ0n) is 17.0. The largest absolute Gasteiger partial charge is 0.385 e. The fourth-order valence-electron chi connectivity index (χ4n) is 6.77. The summed E-state index contributed by atoms with van der Waals surface area (Å²) in [6.45, 7) is 1.68. The Morgan fingerprint density at radius 1 is 1.30 bits per heavy atom. The quantitative estimate of drug-likeness (QED) is 0.617. The number of nitrogens with zero attached hydrogens (tertiary/aromatic N) is 4. The summed E-state index contributed by atoms with van der Waals surface area (Å²) in [5.74, 6) is 1.80. The second kappa shape index (κ2) is 6.14. The number of imidazole rings is 1. The number of H-pyrrole nitrogens is 1. The minimum Gasteiger partial charge on any atom is -0.385 e. The lowest BCUT2D eigenvalue weighted by molar-refractivity contribution is -0.150. The van der Waals surface area contributed by atoms with Gasteiger partial charge in [-0.25, -0.2) is 14.6 Å². The third-order valence-corrected chi connectivity index (χ3v) is 7.57. The van der Waals surface area contributed by atoms with Gasteiger partial charge in [-0.2, -0.15) is 5.10 Å². The van der Waals surface area contributed by atoms with Gasteiger partial charge in [0.25, 0.3) is 0 Å². The second-order valence-electron chi connectivity index (χ2n) is 9.79. The van der Waals surface area contributed by atoms with E-state index in [4.69, 9.17) is 0 Å². The van der Waals surface area contributed by atoms with Crippen molar-refractivity contribution in [1.82, 2.24) is 24.7 Å². The van der Waals surface area contributed by atoms with Gasteiger partial charge in [-0.15, -0.1) is 0 Å². The van der Waals surface area contributed by atoms with E-state index < -0.39 is 6.10 Å². The van der Waals surface area contributed by atoms with Gasteiger partial charge in [-0.1, -0.05) is 0 Å². The molecular formula is C22H26N6O2. The number of aliphatic hydroxyl groups excluding tert-OH is 1. The monoisotopic (exact) mass is 406 g/mol. The molecule has 2 aromatic heterocycles. The number of nitrogens with one attached hydrogen (secondary N) is 2. The maximum absolute atomic E-state index is 13.6. The zero-order chi connectivity index (χ0) is 20.5. The molecule has 3 atom stereocenters. The summed E-state index contributed by atoms with van der Waals surface area (Å²) >= 11 is 0. The van der Waals surface area contributed by atoms with Gasteiger partial charge in [-0.05, 0) is 75.5 Å². The van der Waals surface area contributed by atoms with Crippen molar-refractivity contribution in [3.8, 4) is 0 Å². The minimum atomic E-state index is -0.657. The lowest BCUT2D eigenvalue weighted by atomic mass is 9.46. The predicted octanol–water partition coefficient (Wildman–Crippen LogP) is 3.14. The smallest absolute Gasteiger partial charge is 0.230 e. The van der Waals surface area contributed by atoms with Crippen molar-refractivity contribution in [2.45, 2.75) is 57.1 Å². The number of aliphatic hydroxyl groups is 1. The molecule has 0 aliphatic heterocycles. The van der Waals surface area contributed by atoms with Gasteiger partial charge in [0.1, 0.15) is 24.6 Å². The maximum Gasteiger partial charge on any atom is 0.230 e. The Hall–Kier alpha value is -2.74. The molecule has 156 valence electrons. The van der Waals surface area contributed by atoms with Crippen LogP contribution < -0.4 is 5.32 Å². The molecule has 30 heavy (non-hydrogen) atoms. The van der Waals surface area contributed by atoms with Gasteiger partial charge in [0, 0.05) is 5.69 Å². The van der Waals surface area contributed by atoms with Gasteiger partial charge in [-0.3, -0.25) is 4.79 Å². The summed E-state index contributed by atoms with van der Waals surface area (Å²) in [6, 6.07) is 5.67. The Morgan fingerprint density at radius 3 is 2.80 bits per heavy atom. The van der Waals surface area contributed by atoms with E-state index >= 15 is 0 Å². The maximum atomic E-state index is 13.6. The number of rotatable bonds is 4. The van der Waals surface area contributed by atoms with Gasteiger partial charge in [0.2, 0.25) is 5.91 Å². The van der Waals surface area contributed by atoms with Gasteiger partial charge >= 0.3 is 0 Å². The topological polar surface area (TPSA) is 109 Å². The first-order valence-electron chi connectivity index (χ1n) is 10.8. The Morgan fingerprint density at radius 2 is 2.10 bits per heavy atom. The molecule has 0 spiro atoms. The number of anilines is 1. The fraction of sp³-hybridized carbons (Fsp3) is 0.545. The molecule has 1 aromatic carbocycles. The van der Waals surface area contributed by atoms with E-state index in [-0.39, 0.29) is 16.9 Å². The molecule has 4 saturated carbocycles. The Kier molecular flexibility index (Phi) is 3.69. The van der Waals surface area contributed by atoms with E-state index in [2.05, 4.69) is 25.4 Å². The van der Waals surface area contributed by atoms with Crippen molar-refractivity contribution in [3.05, 3.63) is 36.7 Å². The lowest BCUT2D eigenvalue weighted by Crippen LogP contribution is -2.60. The van der Waals surface area contributed by atoms with Crippen molar-refractivity contribution in [2.24, 2.45) is 17.3 Å². The van der Waals surface area contributed by atoms with Crippen LogP contribution in [0.25, 0.3) is 11.0 Å². The summed E-state index contributed by atoms with van der Waals surface area (Å²) < 4.78 is 2.03. The van der Waals surface area contributed by atoms with E-state index in [9.17, 15) is 9.90 Å². The normalized spacial score (nSPS) is 33.1. The number of carbonyl (C=O) groups excluding carboxylic acids is 1. The molecule has 0 saturated heterocycles. The number of benzene rings is 1. The average Bonchev–Trinajstić information content (AvgIpc) is 3.37. The molecule has 4 bridgehead atoms. The Labute approximate surface area is 174 Å². The van der Waals surface area contributed by atoms with Crippen molar-refractivity contribution in [1.29, 1.82) is 0 Å². The number of carbonyl (C=O) groups is 1. The number of aromatic amines is 1. The lowest BCUT2D eigenvalue weighted by Gasteiger charge is -2.60. The van der Waals surface area contributed by atoms with Crippen LogP contribution >= 0.6 is 0 Å². The van der Waals surface area contributed by atoms with Crippen LogP contribution in [0.2, 0.25) is 0 Å². The van der Waals surface area contributed by atoms with E-state index in [1.54, 1.807) is 13.3 Å². The van der Waals surface area contributed by atoms with Crippen LogP contribution in [0.3, 0.4) is 0 Å². The van der Waals surface area contributed by atoms with Crippen LogP contribution in [-0.2, 0) is 10.3 Å². The second-order valence-corrected chi connectivity index (χ2v) is 9.79. The van der Waals surface area contributed by atoms with Crippen LogP contribution in [-0.4, -0.2) is 35.7 Å². The highest BCUT2D eigenvalue weighted by molar-refractivity contribution is 5.97. The van der Waals surface area contributed by atoms with Crippen molar-refractivity contribution < 1.29 is 9.90 Å². The van der Waals surface area contributed by atoms with Crippen LogP contribution in [0, 0.1) is 17.3 Å². The zero-order valence-corrected chi connectivity index (χ0v) is 17.0. The number of aromatic nitrogens is 5. The minimum absolute atomic E-state index is 0.0720. The number of hydrogen-bond donors (Lipinski definition) is 3. The molecule has 7 rings (SSSR count). The Bertz CT molecular complexity index is 1100. The molecule has 4 fully saturated rings.